The maximum absolute atomic E-state index is 13.9. The van der Waals surface area contributed by atoms with Crippen LogP contribution in [0.1, 0.15) is 23.6 Å². The average molecular weight is 488 g/mol. The van der Waals surface area contributed by atoms with E-state index in [1.165, 1.54) is 11.6 Å². The summed E-state index contributed by atoms with van der Waals surface area (Å²) in [4.78, 5) is 0. The lowest BCUT2D eigenvalue weighted by Crippen LogP contribution is -2.17. The van der Waals surface area contributed by atoms with Crippen LogP contribution in [0.4, 0.5) is 4.39 Å². The van der Waals surface area contributed by atoms with Gasteiger partial charge in [0.15, 0.2) is 11.5 Å². The number of halogens is 2. The zero-order valence-corrected chi connectivity index (χ0v) is 19.4. The number of hydrogen-bond donors (Lipinski definition) is 1. The molecule has 6 heteroatoms. The van der Waals surface area contributed by atoms with Crippen LogP contribution in [0.15, 0.2) is 65.1 Å². The molecular formula is C25H27BrFNO3. The Morgan fingerprint density at radius 3 is 2.32 bits per heavy atom. The standard InChI is InChI=1S/C25H27BrFNO3/c1-3-30-24-14-20(16-28-13-12-18-8-5-7-11-23(18)29-2)21(26)15-25(24)31-17-19-9-4-6-10-22(19)27/h4-11,14-15,28H,3,12-13,16-17H2,1-2H3. The minimum atomic E-state index is -0.282. The first-order valence-corrected chi connectivity index (χ1v) is 11.1. The molecule has 164 valence electrons. The second kappa shape index (κ2) is 11.7. The molecule has 0 saturated heterocycles. The second-order valence-corrected chi connectivity index (χ2v) is 7.80. The van der Waals surface area contributed by atoms with Crippen LogP contribution in [0.2, 0.25) is 0 Å². The molecule has 0 aromatic heterocycles. The van der Waals surface area contributed by atoms with Gasteiger partial charge in [-0.15, -0.1) is 0 Å². The highest BCUT2D eigenvalue weighted by Crippen LogP contribution is 2.34. The molecule has 0 unspecified atom stereocenters. The highest BCUT2D eigenvalue weighted by Gasteiger charge is 2.12. The van der Waals surface area contributed by atoms with E-state index >= 15 is 0 Å². The summed E-state index contributed by atoms with van der Waals surface area (Å²) in [6, 6.07) is 18.5. The molecule has 1 N–H and O–H groups in total. The van der Waals surface area contributed by atoms with Crippen molar-refractivity contribution in [1.29, 1.82) is 0 Å². The molecule has 0 amide bonds. The average Bonchev–Trinajstić information content (AvgIpc) is 2.78. The number of hydrogen-bond acceptors (Lipinski definition) is 4. The molecule has 3 rings (SSSR count). The van der Waals surface area contributed by atoms with E-state index in [2.05, 4.69) is 27.3 Å². The smallest absolute Gasteiger partial charge is 0.162 e. The summed E-state index contributed by atoms with van der Waals surface area (Å²) < 4.78 is 31.9. The van der Waals surface area contributed by atoms with Crippen LogP contribution in [0.5, 0.6) is 17.2 Å². The lowest BCUT2D eigenvalue weighted by Gasteiger charge is -2.16. The van der Waals surface area contributed by atoms with Gasteiger partial charge in [-0.25, -0.2) is 4.39 Å². The third-order valence-corrected chi connectivity index (χ3v) is 5.57. The van der Waals surface area contributed by atoms with Crippen molar-refractivity contribution in [3.05, 3.63) is 87.6 Å². The lowest BCUT2D eigenvalue weighted by molar-refractivity contribution is 0.265. The van der Waals surface area contributed by atoms with Crippen molar-refractivity contribution in [3.8, 4) is 17.2 Å². The van der Waals surface area contributed by atoms with E-state index in [4.69, 9.17) is 14.2 Å². The Bertz CT molecular complexity index is 996. The van der Waals surface area contributed by atoms with Crippen LogP contribution >= 0.6 is 15.9 Å². The first-order chi connectivity index (χ1) is 15.1. The molecule has 0 heterocycles. The summed E-state index contributed by atoms with van der Waals surface area (Å²) in [5, 5.41) is 3.46. The zero-order valence-electron chi connectivity index (χ0n) is 17.8. The molecule has 4 nitrogen and oxygen atoms in total. The Morgan fingerprint density at radius 2 is 1.58 bits per heavy atom. The summed E-state index contributed by atoms with van der Waals surface area (Å²) in [5.41, 5.74) is 2.73. The van der Waals surface area contributed by atoms with E-state index in [1.807, 2.05) is 37.3 Å². The fourth-order valence-electron chi connectivity index (χ4n) is 3.22. The van der Waals surface area contributed by atoms with Crippen molar-refractivity contribution in [2.24, 2.45) is 0 Å². The Hall–Kier alpha value is -2.57. The van der Waals surface area contributed by atoms with E-state index in [-0.39, 0.29) is 12.4 Å². The number of ether oxygens (including phenoxy) is 3. The van der Waals surface area contributed by atoms with E-state index in [0.717, 1.165) is 28.8 Å². The SMILES string of the molecule is CCOc1cc(CNCCc2ccccc2OC)c(Br)cc1OCc1ccccc1F. The number of nitrogens with one attached hydrogen (secondary N) is 1. The van der Waals surface area contributed by atoms with E-state index in [0.29, 0.717) is 30.2 Å². The lowest BCUT2D eigenvalue weighted by atomic mass is 10.1. The van der Waals surface area contributed by atoms with Crippen molar-refractivity contribution in [2.75, 3.05) is 20.3 Å². The highest BCUT2D eigenvalue weighted by atomic mass is 79.9. The predicted molar refractivity (Wildman–Crippen MR) is 124 cm³/mol. The first kappa shape index (κ1) is 23.1. The molecule has 0 radical (unpaired) electrons. The molecule has 3 aromatic rings. The third kappa shape index (κ3) is 6.45. The Kier molecular flexibility index (Phi) is 8.74. The summed E-state index contributed by atoms with van der Waals surface area (Å²) in [6.07, 6.45) is 0.865. The zero-order chi connectivity index (χ0) is 22.1. The molecule has 0 aliphatic rings. The summed E-state index contributed by atoms with van der Waals surface area (Å²) in [5.74, 6) is 1.84. The molecule has 0 aliphatic carbocycles. The van der Waals surface area contributed by atoms with Crippen LogP contribution in [0, 0.1) is 5.82 Å². The molecule has 3 aromatic carbocycles. The van der Waals surface area contributed by atoms with Crippen molar-refractivity contribution >= 4 is 15.9 Å². The van der Waals surface area contributed by atoms with Gasteiger partial charge in [-0.2, -0.15) is 0 Å². The first-order valence-electron chi connectivity index (χ1n) is 10.3. The molecule has 31 heavy (non-hydrogen) atoms. The molecule has 0 saturated carbocycles. The Morgan fingerprint density at radius 1 is 0.871 bits per heavy atom. The second-order valence-electron chi connectivity index (χ2n) is 6.94. The topological polar surface area (TPSA) is 39.7 Å². The van der Waals surface area contributed by atoms with Gasteiger partial charge in [-0.05, 0) is 55.3 Å². The van der Waals surface area contributed by atoms with Gasteiger partial charge in [0, 0.05) is 16.6 Å². The maximum atomic E-state index is 13.9. The van der Waals surface area contributed by atoms with Gasteiger partial charge in [-0.3, -0.25) is 0 Å². The fourth-order valence-corrected chi connectivity index (χ4v) is 3.68. The van der Waals surface area contributed by atoms with Gasteiger partial charge in [0.1, 0.15) is 18.2 Å². The van der Waals surface area contributed by atoms with Gasteiger partial charge >= 0.3 is 0 Å². The monoisotopic (exact) mass is 487 g/mol. The normalized spacial score (nSPS) is 10.7. The Balaban J connectivity index is 1.63. The van der Waals surface area contributed by atoms with Crippen LogP contribution in [-0.2, 0) is 19.6 Å². The van der Waals surface area contributed by atoms with Gasteiger partial charge in [-0.1, -0.05) is 52.3 Å². The largest absolute Gasteiger partial charge is 0.496 e. The van der Waals surface area contributed by atoms with Crippen molar-refractivity contribution in [2.45, 2.75) is 26.5 Å². The summed E-state index contributed by atoms with van der Waals surface area (Å²) in [6.45, 7) is 4.05. The number of para-hydroxylation sites is 1. The van der Waals surface area contributed by atoms with Crippen LogP contribution in [-0.4, -0.2) is 20.3 Å². The van der Waals surface area contributed by atoms with Gasteiger partial charge in [0.05, 0.1) is 13.7 Å². The minimum absolute atomic E-state index is 0.135. The number of rotatable bonds is 11. The number of methoxy groups -OCH3 is 1. The van der Waals surface area contributed by atoms with Crippen molar-refractivity contribution in [1.82, 2.24) is 5.32 Å². The molecular weight excluding hydrogens is 461 g/mol. The predicted octanol–water partition coefficient (Wildman–Crippen LogP) is 5.91. The van der Waals surface area contributed by atoms with E-state index in [9.17, 15) is 4.39 Å². The summed E-state index contributed by atoms with van der Waals surface area (Å²) in [7, 11) is 1.69. The van der Waals surface area contributed by atoms with E-state index in [1.54, 1.807) is 25.3 Å². The van der Waals surface area contributed by atoms with E-state index < -0.39 is 0 Å². The molecule has 0 spiro atoms. The maximum Gasteiger partial charge on any atom is 0.162 e. The molecule has 0 atom stereocenters. The van der Waals surface area contributed by atoms with Gasteiger partial charge in [0.25, 0.3) is 0 Å². The molecule has 0 fully saturated rings. The van der Waals surface area contributed by atoms with Gasteiger partial charge in [0.2, 0.25) is 0 Å². The summed E-state index contributed by atoms with van der Waals surface area (Å²) >= 11 is 3.62. The molecule has 0 bridgehead atoms. The quantitative estimate of drug-likeness (QED) is 0.341. The Labute approximate surface area is 191 Å². The molecule has 0 aliphatic heterocycles. The number of benzene rings is 3. The van der Waals surface area contributed by atoms with Crippen LogP contribution in [0.25, 0.3) is 0 Å². The van der Waals surface area contributed by atoms with Gasteiger partial charge < -0.3 is 19.5 Å². The minimum Gasteiger partial charge on any atom is -0.496 e. The van der Waals surface area contributed by atoms with Crippen LogP contribution in [0.3, 0.4) is 0 Å². The highest BCUT2D eigenvalue weighted by molar-refractivity contribution is 9.10. The van der Waals surface area contributed by atoms with Crippen molar-refractivity contribution in [3.63, 3.8) is 0 Å². The fraction of sp³-hybridized carbons (Fsp3) is 0.280. The third-order valence-electron chi connectivity index (χ3n) is 4.83. The van der Waals surface area contributed by atoms with Crippen LogP contribution < -0.4 is 19.5 Å². The van der Waals surface area contributed by atoms with Crippen molar-refractivity contribution < 1.29 is 18.6 Å².